The standard InChI is InChI=1S/C25H23N7O4/c1-35-18-5-6-20-19(8-18)32(25(34)36-20)13-24(33)30-22-9-21(27-14-28-22)26-10-17-12-31-11-16(15-2-3-15)4-7-23(31)29-17/h4-9,11-12,14-15H,2-3,10,13H2,1H3,(H2,26,27,28,30,33). The Bertz CT molecular complexity index is 1650. The van der Waals surface area contributed by atoms with E-state index in [-0.39, 0.29) is 6.54 Å². The number of carbonyl (C=O) groups excluding carboxylic acids is 1. The Balaban J connectivity index is 1.12. The Morgan fingerprint density at radius 2 is 2.00 bits per heavy atom. The highest BCUT2D eigenvalue weighted by Gasteiger charge is 2.23. The Labute approximate surface area is 204 Å². The summed E-state index contributed by atoms with van der Waals surface area (Å²) in [6, 6.07) is 10.8. The number of oxazole rings is 1. The van der Waals surface area contributed by atoms with Gasteiger partial charge in [-0.2, -0.15) is 0 Å². The van der Waals surface area contributed by atoms with E-state index in [1.165, 1.54) is 36.4 Å². The van der Waals surface area contributed by atoms with Gasteiger partial charge in [0.2, 0.25) is 5.91 Å². The molecule has 0 saturated heterocycles. The van der Waals surface area contributed by atoms with Crippen molar-refractivity contribution in [2.75, 3.05) is 17.7 Å². The van der Waals surface area contributed by atoms with Crippen LogP contribution in [0.5, 0.6) is 5.75 Å². The number of benzene rings is 1. The second-order valence-corrected chi connectivity index (χ2v) is 8.71. The molecule has 11 heteroatoms. The number of fused-ring (bicyclic) bond motifs is 2. The predicted octanol–water partition coefficient (Wildman–Crippen LogP) is 3.17. The molecule has 4 aromatic heterocycles. The monoisotopic (exact) mass is 485 g/mol. The first kappa shape index (κ1) is 21.8. The lowest BCUT2D eigenvalue weighted by molar-refractivity contribution is -0.116. The van der Waals surface area contributed by atoms with Gasteiger partial charge in [-0.15, -0.1) is 0 Å². The molecule has 1 aromatic carbocycles. The fourth-order valence-corrected chi connectivity index (χ4v) is 4.15. The van der Waals surface area contributed by atoms with E-state index in [9.17, 15) is 9.59 Å². The van der Waals surface area contributed by atoms with Crippen molar-refractivity contribution in [1.29, 1.82) is 0 Å². The molecule has 0 radical (unpaired) electrons. The van der Waals surface area contributed by atoms with Crippen molar-refractivity contribution >= 4 is 34.3 Å². The van der Waals surface area contributed by atoms with Crippen LogP contribution < -0.4 is 21.1 Å². The first-order valence-corrected chi connectivity index (χ1v) is 11.6. The summed E-state index contributed by atoms with van der Waals surface area (Å²) in [5, 5.41) is 5.92. The van der Waals surface area contributed by atoms with Gasteiger partial charge in [-0.1, -0.05) is 6.07 Å². The number of amides is 1. The zero-order valence-corrected chi connectivity index (χ0v) is 19.5. The van der Waals surface area contributed by atoms with Gasteiger partial charge in [-0.05, 0) is 42.5 Å². The molecule has 1 aliphatic carbocycles. The van der Waals surface area contributed by atoms with Crippen LogP contribution in [-0.4, -0.2) is 36.9 Å². The van der Waals surface area contributed by atoms with Crippen LogP contribution in [0.15, 0.2) is 64.3 Å². The van der Waals surface area contributed by atoms with Gasteiger partial charge < -0.3 is 24.2 Å². The first-order chi connectivity index (χ1) is 17.6. The Hall–Kier alpha value is -4.67. The highest BCUT2D eigenvalue weighted by Crippen LogP contribution is 2.39. The van der Waals surface area contributed by atoms with Crippen LogP contribution >= 0.6 is 0 Å². The Morgan fingerprint density at radius 1 is 1.14 bits per heavy atom. The summed E-state index contributed by atoms with van der Waals surface area (Å²) in [5.41, 5.74) is 3.95. The fourth-order valence-electron chi connectivity index (χ4n) is 4.15. The van der Waals surface area contributed by atoms with E-state index in [1.807, 2.05) is 16.7 Å². The SMILES string of the molecule is COc1ccc2oc(=O)n(CC(=O)Nc3cc(NCc4cn5cc(C6CC6)ccc5n4)ncn3)c2c1. The third-order valence-corrected chi connectivity index (χ3v) is 6.13. The number of nitrogens with one attached hydrogen (secondary N) is 2. The summed E-state index contributed by atoms with van der Waals surface area (Å²) in [4.78, 5) is 37.9. The maximum absolute atomic E-state index is 12.7. The molecule has 1 saturated carbocycles. The highest BCUT2D eigenvalue weighted by atomic mass is 16.5. The van der Waals surface area contributed by atoms with Crippen molar-refractivity contribution in [1.82, 2.24) is 23.9 Å². The maximum Gasteiger partial charge on any atom is 0.420 e. The van der Waals surface area contributed by atoms with E-state index in [0.29, 0.717) is 40.9 Å². The van der Waals surface area contributed by atoms with E-state index in [4.69, 9.17) is 9.15 Å². The quantitative estimate of drug-likeness (QED) is 0.343. The van der Waals surface area contributed by atoms with Crippen molar-refractivity contribution in [3.63, 3.8) is 0 Å². The summed E-state index contributed by atoms with van der Waals surface area (Å²) in [7, 11) is 1.52. The third-order valence-electron chi connectivity index (χ3n) is 6.13. The number of methoxy groups -OCH3 is 1. The number of aromatic nitrogens is 5. The van der Waals surface area contributed by atoms with Gasteiger partial charge in [0.25, 0.3) is 0 Å². The fraction of sp³-hybridized carbons (Fsp3) is 0.240. The van der Waals surface area contributed by atoms with Crippen LogP contribution in [0, 0.1) is 0 Å². The molecule has 4 heterocycles. The molecule has 0 bridgehead atoms. The molecule has 6 rings (SSSR count). The number of hydrogen-bond donors (Lipinski definition) is 2. The van der Waals surface area contributed by atoms with Crippen LogP contribution in [0.4, 0.5) is 11.6 Å². The summed E-state index contributed by atoms with van der Waals surface area (Å²) < 4.78 is 13.7. The van der Waals surface area contributed by atoms with E-state index in [2.05, 4.69) is 37.8 Å². The minimum absolute atomic E-state index is 0.240. The number of pyridine rings is 1. The zero-order valence-electron chi connectivity index (χ0n) is 19.5. The van der Waals surface area contributed by atoms with Gasteiger partial charge >= 0.3 is 5.76 Å². The smallest absolute Gasteiger partial charge is 0.420 e. The summed E-state index contributed by atoms with van der Waals surface area (Å²) >= 11 is 0. The first-order valence-electron chi connectivity index (χ1n) is 11.6. The maximum atomic E-state index is 12.7. The predicted molar refractivity (Wildman–Crippen MR) is 132 cm³/mol. The lowest BCUT2D eigenvalue weighted by atomic mass is 10.2. The van der Waals surface area contributed by atoms with Gasteiger partial charge in [0, 0.05) is 24.5 Å². The van der Waals surface area contributed by atoms with Crippen molar-refractivity contribution in [2.24, 2.45) is 0 Å². The minimum atomic E-state index is -0.629. The number of nitrogens with zero attached hydrogens (tertiary/aromatic N) is 5. The van der Waals surface area contributed by atoms with Gasteiger partial charge in [-0.25, -0.2) is 19.7 Å². The molecule has 1 amide bonds. The van der Waals surface area contributed by atoms with Gasteiger partial charge in [0.05, 0.1) is 24.9 Å². The normalized spacial score (nSPS) is 13.2. The summed E-state index contributed by atoms with van der Waals surface area (Å²) in [6.07, 6.45) is 8.01. The molecule has 2 N–H and O–H groups in total. The van der Waals surface area contributed by atoms with Crippen LogP contribution in [0.25, 0.3) is 16.7 Å². The summed E-state index contributed by atoms with van der Waals surface area (Å²) in [6.45, 7) is 0.221. The van der Waals surface area contributed by atoms with Crippen molar-refractivity contribution in [3.8, 4) is 5.75 Å². The second kappa shape index (κ2) is 8.84. The van der Waals surface area contributed by atoms with Crippen molar-refractivity contribution in [2.45, 2.75) is 31.8 Å². The number of hydrogen-bond acceptors (Lipinski definition) is 8. The van der Waals surface area contributed by atoms with Crippen LogP contribution in [0.3, 0.4) is 0 Å². The lowest BCUT2D eigenvalue weighted by Gasteiger charge is -2.08. The lowest BCUT2D eigenvalue weighted by Crippen LogP contribution is -2.25. The third kappa shape index (κ3) is 4.38. The number of imidazole rings is 1. The molecule has 11 nitrogen and oxygen atoms in total. The average Bonchev–Trinajstić information content (AvgIpc) is 3.58. The molecule has 0 atom stereocenters. The van der Waals surface area contributed by atoms with Crippen molar-refractivity contribution < 1.29 is 13.9 Å². The minimum Gasteiger partial charge on any atom is -0.497 e. The largest absolute Gasteiger partial charge is 0.497 e. The average molecular weight is 486 g/mol. The summed E-state index contributed by atoms with van der Waals surface area (Å²) in [5.74, 6) is 1.01. The zero-order chi connectivity index (χ0) is 24.6. The molecule has 182 valence electrons. The van der Waals surface area contributed by atoms with Gasteiger partial charge in [-0.3, -0.25) is 9.36 Å². The topological polar surface area (TPSA) is 129 Å². The van der Waals surface area contributed by atoms with Crippen molar-refractivity contribution in [3.05, 3.63) is 76.9 Å². The number of ether oxygens (including phenoxy) is 1. The van der Waals surface area contributed by atoms with E-state index in [1.54, 1.807) is 24.3 Å². The molecule has 0 aliphatic heterocycles. The molecule has 36 heavy (non-hydrogen) atoms. The van der Waals surface area contributed by atoms with Crippen LogP contribution in [-0.2, 0) is 17.9 Å². The molecular weight excluding hydrogens is 462 g/mol. The van der Waals surface area contributed by atoms with Gasteiger partial charge in [0.1, 0.15) is 35.9 Å². The van der Waals surface area contributed by atoms with Gasteiger partial charge in [0.15, 0.2) is 5.58 Å². The van der Waals surface area contributed by atoms with E-state index >= 15 is 0 Å². The number of anilines is 2. The number of rotatable bonds is 8. The molecule has 5 aromatic rings. The van der Waals surface area contributed by atoms with E-state index < -0.39 is 11.7 Å². The second-order valence-electron chi connectivity index (χ2n) is 8.71. The molecule has 0 spiro atoms. The Morgan fingerprint density at radius 3 is 2.83 bits per heavy atom. The Kier molecular flexibility index (Phi) is 5.36. The van der Waals surface area contributed by atoms with E-state index in [0.717, 1.165) is 11.3 Å². The number of carbonyl (C=O) groups is 1. The highest BCUT2D eigenvalue weighted by molar-refractivity contribution is 5.91. The van der Waals surface area contributed by atoms with Crippen LogP contribution in [0.2, 0.25) is 0 Å². The molecule has 1 fully saturated rings. The molecule has 1 aliphatic rings. The molecular formula is C25H23N7O4. The molecule has 0 unspecified atom stereocenters. The van der Waals surface area contributed by atoms with Crippen LogP contribution in [0.1, 0.15) is 30.0 Å².